The summed E-state index contributed by atoms with van der Waals surface area (Å²) in [6, 6.07) is 9.69. The Morgan fingerprint density at radius 2 is 1.11 bits per heavy atom. The van der Waals surface area contributed by atoms with Gasteiger partial charge in [-0.1, -0.05) is 0 Å². The van der Waals surface area contributed by atoms with E-state index < -0.39 is 119 Å². The topological polar surface area (TPSA) is 113 Å². The Labute approximate surface area is 261 Å². The molecule has 0 aromatic heterocycles. The largest absolute Gasteiger partial charge is 0.270 e. The summed E-state index contributed by atoms with van der Waals surface area (Å²) in [5.41, 5.74) is -11.4. The third-order valence-electron chi connectivity index (χ3n) is 7.24. The first-order valence-electron chi connectivity index (χ1n) is 12.5. The number of allylic oxidation sites excluding steroid dienone is 7. The Kier molecular flexibility index (Phi) is 7.41. The molecule has 0 atom stereocenters. The van der Waals surface area contributed by atoms with Crippen LogP contribution in [0.25, 0.3) is 52.9 Å². The minimum Gasteiger partial charge on any atom is -0.238 e. The Balaban J connectivity index is 2.02. The second kappa shape index (κ2) is 11.4. The molecule has 0 saturated carbocycles. The molecule has 13 heteroatoms. The number of halogens is 5. The number of nitrogens with zero attached hydrogens (tertiary/aromatic N) is 8. The quantitative estimate of drug-likeness (QED) is 0.163. The molecule has 3 aromatic rings. The van der Waals surface area contributed by atoms with E-state index in [1.54, 1.807) is 12.1 Å². The summed E-state index contributed by atoms with van der Waals surface area (Å²) in [7, 11) is 0. The van der Waals surface area contributed by atoms with E-state index in [9.17, 15) is 15.8 Å². The molecule has 47 heavy (non-hydrogen) atoms. The zero-order chi connectivity index (χ0) is 34.3. The summed E-state index contributed by atoms with van der Waals surface area (Å²) in [4.78, 5) is 12.3. The summed E-state index contributed by atoms with van der Waals surface area (Å²) < 4.78 is 78.5. The van der Waals surface area contributed by atoms with Crippen molar-refractivity contribution in [1.82, 2.24) is 0 Å². The average Bonchev–Trinajstić information content (AvgIpc) is 3.54. The van der Waals surface area contributed by atoms with E-state index >= 15 is 22.0 Å². The lowest BCUT2D eigenvalue weighted by molar-refractivity contribution is 0.576. The molecule has 0 amide bonds. The molecule has 0 saturated heterocycles. The van der Waals surface area contributed by atoms with Gasteiger partial charge in [-0.15, -0.1) is 0 Å². The smallest absolute Gasteiger partial charge is 0.238 e. The summed E-state index contributed by atoms with van der Waals surface area (Å²) in [6.07, 6.45) is 0. The summed E-state index contributed by atoms with van der Waals surface area (Å²) >= 11 is 0. The molecule has 0 aliphatic heterocycles. The molecule has 0 N–H and O–H groups in total. The van der Waals surface area contributed by atoms with Crippen molar-refractivity contribution in [3.63, 3.8) is 0 Å². The van der Waals surface area contributed by atoms with Crippen LogP contribution in [0.15, 0.2) is 41.7 Å². The molecule has 0 radical (unpaired) electrons. The lowest BCUT2D eigenvalue weighted by atomic mass is 9.91. The van der Waals surface area contributed by atoms with Crippen molar-refractivity contribution < 1.29 is 22.0 Å². The number of rotatable bonds is 2. The maximum atomic E-state index is 17.0. The predicted molar refractivity (Wildman–Crippen MR) is 154 cm³/mol. The molecule has 5 rings (SSSR count). The summed E-state index contributed by atoms with van der Waals surface area (Å²) in [6.45, 7) is 30.0. The van der Waals surface area contributed by atoms with Gasteiger partial charge in [-0.2, -0.15) is 10.5 Å². The molecule has 0 unspecified atom stereocenters. The van der Waals surface area contributed by atoms with Gasteiger partial charge in [0.1, 0.15) is 35.2 Å². The Morgan fingerprint density at radius 3 is 1.57 bits per heavy atom. The van der Waals surface area contributed by atoms with Crippen LogP contribution < -0.4 is 0 Å². The van der Waals surface area contributed by atoms with Gasteiger partial charge >= 0.3 is 0 Å². The molecule has 0 heterocycles. The first kappa shape index (κ1) is 30.6. The monoisotopic (exact) mass is 620 g/mol. The lowest BCUT2D eigenvalue weighted by Gasteiger charge is -2.14. The maximum Gasteiger partial charge on any atom is 0.270 e. The second-order valence-electron chi connectivity index (χ2n) is 9.45. The van der Waals surface area contributed by atoms with Crippen LogP contribution >= 0.6 is 0 Å². The first-order chi connectivity index (χ1) is 22.6. The fourth-order valence-corrected chi connectivity index (χ4v) is 5.50. The first-order valence-corrected chi connectivity index (χ1v) is 12.5. The highest BCUT2D eigenvalue weighted by atomic mass is 19.1. The summed E-state index contributed by atoms with van der Waals surface area (Å²) in [5, 5.41) is 38.9. The van der Waals surface area contributed by atoms with Gasteiger partial charge in [0.15, 0.2) is 5.69 Å². The van der Waals surface area contributed by atoms with Crippen LogP contribution in [-0.2, 0) is 0 Å². The van der Waals surface area contributed by atoms with Crippen molar-refractivity contribution in [2.24, 2.45) is 0 Å². The zero-order valence-corrected chi connectivity index (χ0v) is 22.9. The highest BCUT2D eigenvalue weighted by molar-refractivity contribution is 6.29. The number of fused-ring (bicyclic) bond motifs is 2. The predicted octanol–water partition coefficient (Wildman–Crippen LogP) is 8.36. The van der Waals surface area contributed by atoms with Crippen LogP contribution in [0.5, 0.6) is 0 Å². The minimum absolute atomic E-state index is 0.457. The van der Waals surface area contributed by atoms with Crippen LogP contribution in [-0.4, -0.2) is 0 Å². The Hall–Kier alpha value is -7.81. The molecular weight excluding hydrogens is 615 g/mol. The molecule has 3 aromatic carbocycles. The van der Waals surface area contributed by atoms with E-state index in [0.29, 0.717) is 24.3 Å². The van der Waals surface area contributed by atoms with Gasteiger partial charge in [-0.05, 0) is 47.0 Å². The minimum atomic E-state index is -1.47. The van der Waals surface area contributed by atoms with E-state index in [4.69, 9.17) is 31.6 Å². The van der Waals surface area contributed by atoms with E-state index in [2.05, 4.69) is 19.4 Å². The second-order valence-corrected chi connectivity index (χ2v) is 9.45. The fourth-order valence-electron chi connectivity index (χ4n) is 5.50. The van der Waals surface area contributed by atoms with E-state index in [0.717, 1.165) is 6.07 Å². The molecule has 2 aliphatic rings. The fraction of sp³-hybridized carbons (Fsp3) is 0. The number of hydrogen-bond acceptors (Lipinski definition) is 4. The molecule has 216 valence electrons. The van der Waals surface area contributed by atoms with Gasteiger partial charge in [-0.25, -0.2) is 51.9 Å². The molecule has 2 aliphatic carbocycles. The number of benzene rings is 3. The van der Waals surface area contributed by atoms with E-state index in [1.165, 1.54) is 12.1 Å². The van der Waals surface area contributed by atoms with Gasteiger partial charge in [-0.3, -0.25) is 0 Å². The lowest BCUT2D eigenvalue weighted by Crippen LogP contribution is -2.01. The Morgan fingerprint density at radius 1 is 0.574 bits per heavy atom. The van der Waals surface area contributed by atoms with Crippen molar-refractivity contribution >= 4 is 39.2 Å². The SMILES string of the molecule is [C-]#[N+]C1=C(c2c(F)cc([N+]#[C-])cc2F)/C(=C(/C#N)[N+]#[C-])c2cc3c(c(F)c21)/C(=C(/C#N)[N+]#[C-])C(c1c(F)cc(C#N)cc1F)=C3C#N. The third kappa shape index (κ3) is 4.27. The molecular formula is C34H5F5N8. The third-order valence-corrected chi connectivity index (χ3v) is 7.24. The van der Waals surface area contributed by atoms with Crippen molar-refractivity contribution in [3.05, 3.63) is 155 Å². The van der Waals surface area contributed by atoms with Gasteiger partial charge in [0.2, 0.25) is 5.70 Å². The normalized spacial score (nSPS) is 14.7. The van der Waals surface area contributed by atoms with Crippen LogP contribution in [0.4, 0.5) is 27.6 Å². The average molecular weight is 620 g/mol. The van der Waals surface area contributed by atoms with Gasteiger partial charge in [0.25, 0.3) is 11.4 Å². The highest BCUT2D eigenvalue weighted by Crippen LogP contribution is 2.57. The van der Waals surface area contributed by atoms with Gasteiger partial charge in [0.05, 0.1) is 61.2 Å². The van der Waals surface area contributed by atoms with Crippen LogP contribution in [0.3, 0.4) is 0 Å². The van der Waals surface area contributed by atoms with E-state index in [-0.39, 0.29) is 0 Å². The van der Waals surface area contributed by atoms with Crippen molar-refractivity contribution in [2.75, 3.05) is 0 Å². The number of hydrogen-bond donors (Lipinski definition) is 0. The molecule has 8 nitrogen and oxygen atoms in total. The Bertz CT molecular complexity index is 2470. The standard InChI is InChI=1S/C34H5F5N8/c1-44-15-7-21(37)30(22(38)8-15)32-25(23(12-42)45-2)17-9-16-18(11-41)26(29-19(35)5-14(10-40)6-20(29)36)31(24(13-43)46-3)27(16)33(39)28(17)34(32)47-4/h5-9H/b25-23-,31-24-. The maximum absolute atomic E-state index is 17.0. The van der Waals surface area contributed by atoms with Crippen molar-refractivity contribution in [3.8, 4) is 24.3 Å². The van der Waals surface area contributed by atoms with Crippen LogP contribution in [0.2, 0.25) is 0 Å². The molecule has 0 bridgehead atoms. The van der Waals surface area contributed by atoms with Crippen LogP contribution in [0.1, 0.15) is 38.9 Å². The zero-order valence-electron chi connectivity index (χ0n) is 22.9. The van der Waals surface area contributed by atoms with E-state index in [1.807, 2.05) is 0 Å². The number of nitriles is 4. The van der Waals surface area contributed by atoms with Gasteiger partial charge in [0, 0.05) is 33.4 Å². The van der Waals surface area contributed by atoms with Crippen molar-refractivity contribution in [2.45, 2.75) is 0 Å². The highest BCUT2D eigenvalue weighted by Gasteiger charge is 2.42. The van der Waals surface area contributed by atoms with Crippen LogP contribution in [0, 0.1) is 101 Å². The summed E-state index contributed by atoms with van der Waals surface area (Å²) in [5.74, 6) is -7.05. The molecule has 0 spiro atoms. The molecule has 0 fully saturated rings. The van der Waals surface area contributed by atoms with Gasteiger partial charge < -0.3 is 0 Å². The van der Waals surface area contributed by atoms with Crippen molar-refractivity contribution in [1.29, 1.82) is 21.0 Å².